The SMILES string of the molecule is CC(O)(CN)[PH](=O)O. The van der Waals surface area contributed by atoms with Gasteiger partial charge in [-0.25, -0.2) is 0 Å². The van der Waals surface area contributed by atoms with Crippen molar-refractivity contribution in [3.63, 3.8) is 0 Å². The molecule has 4 nitrogen and oxygen atoms in total. The van der Waals surface area contributed by atoms with E-state index in [1.807, 2.05) is 0 Å². The molecule has 0 radical (unpaired) electrons. The van der Waals surface area contributed by atoms with E-state index in [1.165, 1.54) is 6.92 Å². The predicted molar refractivity (Wildman–Crippen MR) is 30.9 cm³/mol. The third-order valence-corrected chi connectivity index (χ3v) is 1.98. The van der Waals surface area contributed by atoms with Gasteiger partial charge in [-0.15, -0.1) is 0 Å². The zero-order chi connectivity index (χ0) is 6.78. The molecule has 0 aliphatic heterocycles. The van der Waals surface area contributed by atoms with Gasteiger partial charge in [0.1, 0.15) is 5.34 Å². The first-order valence-electron chi connectivity index (χ1n) is 2.16. The van der Waals surface area contributed by atoms with Crippen LogP contribution >= 0.6 is 8.03 Å². The molecular formula is C3H10NO3P. The Kier molecular flexibility index (Phi) is 2.63. The fraction of sp³-hybridized carbons (Fsp3) is 1.00. The van der Waals surface area contributed by atoms with E-state index in [0.717, 1.165) is 0 Å². The monoisotopic (exact) mass is 139 g/mol. The normalized spacial score (nSPS) is 22.0. The summed E-state index contributed by atoms with van der Waals surface area (Å²) in [4.78, 5) is 8.30. The molecule has 0 aliphatic carbocycles. The summed E-state index contributed by atoms with van der Waals surface area (Å²) in [5.74, 6) is 0. The van der Waals surface area contributed by atoms with E-state index in [2.05, 4.69) is 0 Å². The van der Waals surface area contributed by atoms with Crippen molar-refractivity contribution in [2.45, 2.75) is 12.3 Å². The van der Waals surface area contributed by atoms with E-state index in [9.17, 15) is 4.57 Å². The summed E-state index contributed by atoms with van der Waals surface area (Å²) < 4.78 is 10.1. The first kappa shape index (κ1) is 8.11. The fourth-order valence-electron chi connectivity index (χ4n) is 0.0873. The van der Waals surface area contributed by atoms with Gasteiger partial charge in [-0.3, -0.25) is 4.57 Å². The maximum atomic E-state index is 10.1. The van der Waals surface area contributed by atoms with Gasteiger partial charge in [0, 0.05) is 6.54 Å². The quantitative estimate of drug-likeness (QED) is 0.434. The van der Waals surface area contributed by atoms with Crippen LogP contribution in [0.25, 0.3) is 0 Å². The smallest absolute Gasteiger partial charge is 0.220 e. The second kappa shape index (κ2) is 2.60. The number of aliphatic hydroxyl groups is 1. The van der Waals surface area contributed by atoms with Gasteiger partial charge in [-0.05, 0) is 6.92 Å². The molecule has 0 bridgehead atoms. The summed E-state index contributed by atoms with van der Waals surface area (Å²) >= 11 is 0. The molecule has 0 saturated carbocycles. The molecule has 4 N–H and O–H groups in total. The highest BCUT2D eigenvalue weighted by Crippen LogP contribution is 2.30. The summed E-state index contributed by atoms with van der Waals surface area (Å²) in [5, 5.41) is 7.18. The molecule has 0 aromatic carbocycles. The van der Waals surface area contributed by atoms with Crippen LogP contribution in [0.3, 0.4) is 0 Å². The van der Waals surface area contributed by atoms with Crippen LogP contribution in [0.5, 0.6) is 0 Å². The molecule has 2 atom stereocenters. The summed E-state index contributed by atoms with van der Waals surface area (Å²) in [6.07, 6.45) is 0. The van der Waals surface area contributed by atoms with Crippen LogP contribution in [0.4, 0.5) is 0 Å². The Bertz CT molecular complexity index is 103. The van der Waals surface area contributed by atoms with Crippen molar-refractivity contribution in [2.24, 2.45) is 5.73 Å². The van der Waals surface area contributed by atoms with Crippen molar-refractivity contribution < 1.29 is 14.6 Å². The molecule has 50 valence electrons. The number of hydrogen-bond acceptors (Lipinski definition) is 3. The standard InChI is InChI=1S/C3H10NO3P/c1-3(5,2-4)8(6)7/h5,8H,2,4H2,1H3,(H,6,7). The first-order chi connectivity index (χ1) is 3.50. The molecule has 8 heavy (non-hydrogen) atoms. The number of hydrogen-bond donors (Lipinski definition) is 3. The van der Waals surface area contributed by atoms with Gasteiger partial charge in [-0.2, -0.15) is 0 Å². The Labute approximate surface area is 48.2 Å². The van der Waals surface area contributed by atoms with Crippen LogP contribution in [0.1, 0.15) is 6.92 Å². The lowest BCUT2D eigenvalue weighted by atomic mass is 10.4. The van der Waals surface area contributed by atoms with E-state index in [0.29, 0.717) is 0 Å². The Balaban J connectivity index is 3.91. The third-order valence-electron chi connectivity index (χ3n) is 0.858. The van der Waals surface area contributed by atoms with Crippen molar-refractivity contribution in [3.05, 3.63) is 0 Å². The van der Waals surface area contributed by atoms with Crippen molar-refractivity contribution in [3.8, 4) is 0 Å². The van der Waals surface area contributed by atoms with Gasteiger partial charge < -0.3 is 15.7 Å². The second-order valence-electron chi connectivity index (χ2n) is 1.78. The summed E-state index contributed by atoms with van der Waals surface area (Å²) in [5.41, 5.74) is 4.92. The predicted octanol–water partition coefficient (Wildman–Crippen LogP) is -0.879. The van der Waals surface area contributed by atoms with Crippen molar-refractivity contribution in [2.75, 3.05) is 6.54 Å². The minimum Gasteiger partial charge on any atom is -0.379 e. The van der Waals surface area contributed by atoms with E-state index in [4.69, 9.17) is 15.7 Å². The molecule has 0 aromatic heterocycles. The molecule has 0 spiro atoms. The van der Waals surface area contributed by atoms with Gasteiger partial charge in [0.05, 0.1) is 0 Å². The fourth-order valence-corrected chi connectivity index (χ4v) is 0.262. The van der Waals surface area contributed by atoms with Gasteiger partial charge in [0.25, 0.3) is 0 Å². The molecule has 0 rings (SSSR count). The Morgan fingerprint density at radius 2 is 2.25 bits per heavy atom. The lowest BCUT2D eigenvalue weighted by Gasteiger charge is -2.15. The van der Waals surface area contributed by atoms with Crippen LogP contribution in [0.2, 0.25) is 0 Å². The Morgan fingerprint density at radius 3 is 2.25 bits per heavy atom. The second-order valence-corrected chi connectivity index (χ2v) is 3.47. The zero-order valence-electron chi connectivity index (χ0n) is 4.59. The average molecular weight is 139 g/mol. The third kappa shape index (κ3) is 1.92. The molecule has 0 aliphatic rings. The highest BCUT2D eigenvalue weighted by atomic mass is 31.1. The van der Waals surface area contributed by atoms with Gasteiger partial charge in [0.2, 0.25) is 8.03 Å². The molecule has 5 heteroatoms. The van der Waals surface area contributed by atoms with E-state index >= 15 is 0 Å². The van der Waals surface area contributed by atoms with Crippen molar-refractivity contribution in [1.82, 2.24) is 0 Å². The van der Waals surface area contributed by atoms with Gasteiger partial charge in [-0.1, -0.05) is 0 Å². The van der Waals surface area contributed by atoms with E-state index in [1.54, 1.807) is 0 Å². The zero-order valence-corrected chi connectivity index (χ0v) is 5.59. The van der Waals surface area contributed by atoms with E-state index in [-0.39, 0.29) is 6.54 Å². The number of nitrogens with two attached hydrogens (primary N) is 1. The highest BCUT2D eigenvalue weighted by Gasteiger charge is 2.23. The minimum atomic E-state index is -2.88. The van der Waals surface area contributed by atoms with Crippen LogP contribution < -0.4 is 5.73 Å². The van der Waals surface area contributed by atoms with Crippen LogP contribution in [-0.2, 0) is 4.57 Å². The molecule has 0 fully saturated rings. The molecule has 0 saturated heterocycles. The van der Waals surface area contributed by atoms with Gasteiger partial charge >= 0.3 is 0 Å². The first-order valence-corrected chi connectivity index (χ1v) is 3.52. The summed E-state index contributed by atoms with van der Waals surface area (Å²) in [6, 6.07) is 0. The maximum absolute atomic E-state index is 10.1. The molecule has 0 amide bonds. The van der Waals surface area contributed by atoms with Gasteiger partial charge in [0.15, 0.2) is 0 Å². The summed E-state index contributed by atoms with van der Waals surface area (Å²) in [6.45, 7) is 1.05. The molecular weight excluding hydrogens is 129 g/mol. The Morgan fingerprint density at radius 1 is 1.88 bits per heavy atom. The van der Waals surface area contributed by atoms with Crippen molar-refractivity contribution in [1.29, 1.82) is 0 Å². The van der Waals surface area contributed by atoms with E-state index < -0.39 is 13.4 Å². The summed E-state index contributed by atoms with van der Waals surface area (Å²) in [7, 11) is -2.88. The average Bonchev–Trinajstić information content (AvgIpc) is 1.67. The minimum absolute atomic E-state index is 0.179. The molecule has 0 aromatic rings. The topological polar surface area (TPSA) is 83.5 Å². The van der Waals surface area contributed by atoms with Crippen LogP contribution in [0.15, 0.2) is 0 Å². The van der Waals surface area contributed by atoms with Crippen LogP contribution in [0, 0.1) is 0 Å². The molecule has 2 unspecified atom stereocenters. The lowest BCUT2D eigenvalue weighted by Crippen LogP contribution is -2.29. The van der Waals surface area contributed by atoms with Crippen molar-refractivity contribution >= 4 is 8.03 Å². The number of rotatable bonds is 2. The largest absolute Gasteiger partial charge is 0.379 e. The van der Waals surface area contributed by atoms with Crippen LogP contribution in [-0.4, -0.2) is 21.9 Å². The lowest BCUT2D eigenvalue weighted by molar-refractivity contribution is 0.144. The molecule has 0 heterocycles. The maximum Gasteiger partial charge on any atom is 0.220 e. The Hall–Kier alpha value is 0.110. The highest BCUT2D eigenvalue weighted by molar-refractivity contribution is 7.39.